The zero-order chi connectivity index (χ0) is 16.4. The Morgan fingerprint density at radius 2 is 2.17 bits per heavy atom. The van der Waals surface area contributed by atoms with Crippen molar-refractivity contribution in [3.05, 3.63) is 35.4 Å². The van der Waals surface area contributed by atoms with E-state index in [-0.39, 0.29) is 5.91 Å². The van der Waals surface area contributed by atoms with Crippen molar-refractivity contribution in [3.8, 4) is 0 Å². The molecule has 1 aromatic carbocycles. The van der Waals surface area contributed by atoms with Crippen molar-refractivity contribution in [2.75, 3.05) is 33.4 Å². The van der Waals surface area contributed by atoms with Crippen LogP contribution in [-0.4, -0.2) is 44.2 Å². The summed E-state index contributed by atoms with van der Waals surface area (Å²) in [4.78, 5) is 14.6. The first-order valence-corrected chi connectivity index (χ1v) is 7.91. The van der Waals surface area contributed by atoms with Gasteiger partial charge in [-0.15, -0.1) is 0 Å². The molecule has 1 unspecified atom stereocenters. The third-order valence-corrected chi connectivity index (χ3v) is 4.85. The quantitative estimate of drug-likeness (QED) is 0.854. The van der Waals surface area contributed by atoms with Crippen LogP contribution in [0.1, 0.15) is 30.9 Å². The highest BCUT2D eigenvalue weighted by atomic mass is 19.2. The predicted molar refractivity (Wildman–Crippen MR) is 79.8 cm³/mol. The van der Waals surface area contributed by atoms with Gasteiger partial charge in [0.15, 0.2) is 11.6 Å². The van der Waals surface area contributed by atoms with Gasteiger partial charge in [-0.3, -0.25) is 4.79 Å². The summed E-state index contributed by atoms with van der Waals surface area (Å²) in [6.07, 6.45) is 2.29. The van der Waals surface area contributed by atoms with Gasteiger partial charge in [-0.2, -0.15) is 0 Å². The molecule has 1 heterocycles. The average Bonchev–Trinajstić information content (AvgIpc) is 2.53. The Kier molecular flexibility index (Phi) is 4.64. The number of methoxy groups -OCH3 is 1. The van der Waals surface area contributed by atoms with Crippen molar-refractivity contribution < 1.29 is 23.0 Å². The number of carbonyl (C=O) groups excluding carboxylic acids is 1. The van der Waals surface area contributed by atoms with Crippen LogP contribution in [0.4, 0.5) is 8.78 Å². The van der Waals surface area contributed by atoms with Crippen LogP contribution in [0.25, 0.3) is 0 Å². The van der Waals surface area contributed by atoms with E-state index in [1.54, 1.807) is 12.0 Å². The number of ether oxygens (including phenoxy) is 2. The van der Waals surface area contributed by atoms with Gasteiger partial charge < -0.3 is 14.4 Å². The number of carbonyl (C=O) groups is 1. The van der Waals surface area contributed by atoms with E-state index in [1.807, 2.05) is 0 Å². The summed E-state index contributed by atoms with van der Waals surface area (Å²) >= 11 is 0. The first kappa shape index (κ1) is 16.3. The molecule has 1 aliphatic heterocycles. The average molecular weight is 325 g/mol. The standard InChI is InChI=1S/C17H21F2NO3/c1-22-11-17(5-2-6-17)16(21)20-7-8-23-15(10-20)12-3-4-13(18)14(19)9-12/h3-4,9,15H,2,5-8,10-11H2,1H3. The lowest BCUT2D eigenvalue weighted by atomic mass is 9.68. The van der Waals surface area contributed by atoms with Gasteiger partial charge in [0.2, 0.25) is 5.91 Å². The molecule has 4 nitrogen and oxygen atoms in total. The summed E-state index contributed by atoms with van der Waals surface area (Å²) in [5, 5.41) is 0. The van der Waals surface area contributed by atoms with Gasteiger partial charge in [0.05, 0.1) is 25.2 Å². The van der Waals surface area contributed by atoms with Crippen molar-refractivity contribution in [2.45, 2.75) is 25.4 Å². The Bertz CT molecular complexity index is 589. The van der Waals surface area contributed by atoms with Gasteiger partial charge >= 0.3 is 0 Å². The molecule has 1 amide bonds. The van der Waals surface area contributed by atoms with E-state index in [9.17, 15) is 13.6 Å². The van der Waals surface area contributed by atoms with E-state index in [0.29, 0.717) is 31.9 Å². The normalized spacial score (nSPS) is 23.4. The van der Waals surface area contributed by atoms with Gasteiger partial charge in [-0.1, -0.05) is 12.5 Å². The molecule has 1 aliphatic carbocycles. The molecule has 2 fully saturated rings. The van der Waals surface area contributed by atoms with Gasteiger partial charge in [0.25, 0.3) is 0 Å². The lowest BCUT2D eigenvalue weighted by Crippen LogP contribution is -2.53. The predicted octanol–water partition coefficient (Wildman–Crippen LogP) is 2.68. The van der Waals surface area contributed by atoms with Crippen LogP contribution in [0.15, 0.2) is 18.2 Å². The van der Waals surface area contributed by atoms with Crippen molar-refractivity contribution in [1.82, 2.24) is 4.90 Å². The molecule has 126 valence electrons. The minimum absolute atomic E-state index is 0.0847. The molecule has 23 heavy (non-hydrogen) atoms. The zero-order valence-electron chi connectivity index (χ0n) is 13.2. The van der Waals surface area contributed by atoms with Crippen molar-refractivity contribution in [2.24, 2.45) is 5.41 Å². The molecule has 1 saturated heterocycles. The largest absolute Gasteiger partial charge is 0.384 e. The van der Waals surface area contributed by atoms with E-state index in [4.69, 9.17) is 9.47 Å². The number of amides is 1. The molecule has 1 saturated carbocycles. The Morgan fingerprint density at radius 1 is 1.39 bits per heavy atom. The molecular weight excluding hydrogens is 304 g/mol. The Morgan fingerprint density at radius 3 is 2.78 bits per heavy atom. The van der Waals surface area contributed by atoms with E-state index in [2.05, 4.69) is 0 Å². The van der Waals surface area contributed by atoms with Crippen LogP contribution < -0.4 is 0 Å². The van der Waals surface area contributed by atoms with Gasteiger partial charge in [-0.25, -0.2) is 8.78 Å². The van der Waals surface area contributed by atoms with Gasteiger partial charge in [-0.05, 0) is 30.5 Å². The smallest absolute Gasteiger partial charge is 0.231 e. The fourth-order valence-electron chi connectivity index (χ4n) is 3.38. The zero-order valence-corrected chi connectivity index (χ0v) is 13.2. The minimum atomic E-state index is -0.899. The van der Waals surface area contributed by atoms with Crippen molar-refractivity contribution in [1.29, 1.82) is 0 Å². The molecule has 1 atom stereocenters. The second-order valence-corrected chi connectivity index (χ2v) is 6.35. The first-order chi connectivity index (χ1) is 11.1. The molecule has 2 aliphatic rings. The molecule has 6 heteroatoms. The number of halogens is 2. The topological polar surface area (TPSA) is 38.8 Å². The summed E-state index contributed by atoms with van der Waals surface area (Å²) in [6, 6.07) is 3.74. The van der Waals surface area contributed by atoms with Crippen LogP contribution in [0.2, 0.25) is 0 Å². The van der Waals surface area contributed by atoms with E-state index < -0.39 is 23.2 Å². The number of nitrogens with zero attached hydrogens (tertiary/aromatic N) is 1. The summed E-state index contributed by atoms with van der Waals surface area (Å²) in [5.74, 6) is -1.70. The highest BCUT2D eigenvalue weighted by Gasteiger charge is 2.47. The first-order valence-electron chi connectivity index (χ1n) is 7.91. The lowest BCUT2D eigenvalue weighted by Gasteiger charge is -2.45. The molecule has 3 rings (SSSR count). The summed E-state index contributed by atoms with van der Waals surface area (Å²) in [7, 11) is 1.61. The molecule has 0 bridgehead atoms. The molecule has 0 N–H and O–H groups in total. The van der Waals surface area contributed by atoms with Crippen molar-refractivity contribution in [3.63, 3.8) is 0 Å². The fraction of sp³-hybridized carbons (Fsp3) is 0.588. The Labute approximate surface area is 134 Å². The summed E-state index contributed by atoms with van der Waals surface area (Å²) in [5.41, 5.74) is 0.140. The fourth-order valence-corrected chi connectivity index (χ4v) is 3.38. The molecule has 0 radical (unpaired) electrons. The second-order valence-electron chi connectivity index (χ2n) is 6.35. The van der Waals surface area contributed by atoms with Crippen LogP contribution in [0.5, 0.6) is 0 Å². The van der Waals surface area contributed by atoms with E-state index in [1.165, 1.54) is 6.07 Å². The SMILES string of the molecule is COCC1(C(=O)N2CCOC(c3ccc(F)c(F)c3)C2)CCC1. The summed E-state index contributed by atoms with van der Waals surface area (Å²) in [6.45, 7) is 1.69. The second kappa shape index (κ2) is 6.53. The number of hydrogen-bond donors (Lipinski definition) is 0. The molecule has 0 spiro atoms. The Balaban J connectivity index is 1.72. The third-order valence-electron chi connectivity index (χ3n) is 4.85. The monoisotopic (exact) mass is 325 g/mol. The van der Waals surface area contributed by atoms with Crippen LogP contribution in [0, 0.1) is 17.0 Å². The maximum absolute atomic E-state index is 13.4. The molecule has 0 aromatic heterocycles. The molecule has 1 aromatic rings. The lowest BCUT2D eigenvalue weighted by molar-refractivity contribution is -0.159. The maximum Gasteiger partial charge on any atom is 0.231 e. The number of benzene rings is 1. The Hall–Kier alpha value is -1.53. The van der Waals surface area contributed by atoms with Gasteiger partial charge in [0.1, 0.15) is 6.10 Å². The van der Waals surface area contributed by atoms with Crippen LogP contribution in [-0.2, 0) is 14.3 Å². The number of hydrogen-bond acceptors (Lipinski definition) is 3. The van der Waals surface area contributed by atoms with E-state index >= 15 is 0 Å². The van der Waals surface area contributed by atoms with Crippen LogP contribution in [0.3, 0.4) is 0 Å². The highest BCUT2D eigenvalue weighted by molar-refractivity contribution is 5.84. The minimum Gasteiger partial charge on any atom is -0.384 e. The number of morpholine rings is 1. The third kappa shape index (κ3) is 3.10. The van der Waals surface area contributed by atoms with E-state index in [0.717, 1.165) is 31.4 Å². The summed E-state index contributed by atoms with van der Waals surface area (Å²) < 4.78 is 37.4. The number of rotatable bonds is 4. The van der Waals surface area contributed by atoms with Crippen molar-refractivity contribution >= 4 is 5.91 Å². The highest BCUT2D eigenvalue weighted by Crippen LogP contribution is 2.43. The van der Waals surface area contributed by atoms with Crippen LogP contribution >= 0.6 is 0 Å². The van der Waals surface area contributed by atoms with Gasteiger partial charge in [0, 0.05) is 13.7 Å². The maximum atomic E-state index is 13.4. The molecular formula is C17H21F2NO3.